The summed E-state index contributed by atoms with van der Waals surface area (Å²) in [4.78, 5) is 11.7. The van der Waals surface area contributed by atoms with Crippen molar-refractivity contribution in [3.63, 3.8) is 0 Å². The van der Waals surface area contributed by atoms with Gasteiger partial charge in [0.25, 0.3) is 5.69 Å². The third-order valence-corrected chi connectivity index (χ3v) is 4.88. The second kappa shape index (κ2) is 8.25. The Morgan fingerprint density at radius 2 is 1.68 bits per heavy atom. The smallest absolute Gasteiger partial charge is 0.269 e. The summed E-state index contributed by atoms with van der Waals surface area (Å²) in [6.07, 6.45) is 4.28. The van der Waals surface area contributed by atoms with Gasteiger partial charge in [0.15, 0.2) is 0 Å². The lowest BCUT2D eigenvalue weighted by Crippen LogP contribution is -3.07. The van der Waals surface area contributed by atoms with E-state index in [9.17, 15) is 10.1 Å². The van der Waals surface area contributed by atoms with Crippen LogP contribution in [0.25, 0.3) is 6.08 Å². The van der Waals surface area contributed by atoms with Crippen molar-refractivity contribution in [2.45, 2.75) is 25.3 Å². The van der Waals surface area contributed by atoms with E-state index in [-0.39, 0.29) is 50.0 Å². The average Bonchev–Trinajstić information content (AvgIpc) is 2.73. The van der Waals surface area contributed by atoms with Gasteiger partial charge in [-0.1, -0.05) is 24.3 Å². The first-order valence-corrected chi connectivity index (χ1v) is 7.77. The van der Waals surface area contributed by atoms with Gasteiger partial charge < -0.3 is 34.0 Å². The maximum Gasteiger partial charge on any atom is 0.269 e. The molecule has 0 saturated heterocycles. The first kappa shape index (κ1) is 21.5. The first-order valence-electron chi connectivity index (χ1n) is 7.77. The second-order valence-corrected chi connectivity index (χ2v) is 6.64. The molecule has 0 amide bonds. The number of para-hydroxylation sites is 1. The van der Waals surface area contributed by atoms with Crippen molar-refractivity contribution in [3.05, 3.63) is 75.8 Å². The number of quaternary nitrogens is 1. The summed E-state index contributed by atoms with van der Waals surface area (Å²) < 4.78 is 0. The van der Waals surface area contributed by atoms with E-state index in [2.05, 4.69) is 57.3 Å². The van der Waals surface area contributed by atoms with E-state index in [4.69, 9.17) is 0 Å². The molecule has 6 heteroatoms. The molecular formula is C19H21Br2N2O2-. The zero-order valence-electron chi connectivity index (χ0n) is 14.4. The monoisotopic (exact) mass is 467 g/mol. The number of benzene rings is 2. The molecule has 0 saturated carbocycles. The lowest BCUT2D eigenvalue weighted by Gasteiger charge is -2.25. The molecular weight excluding hydrogens is 448 g/mol. The third kappa shape index (κ3) is 4.02. The third-order valence-electron chi connectivity index (χ3n) is 4.88. The molecule has 0 aliphatic carbocycles. The van der Waals surface area contributed by atoms with Crippen molar-refractivity contribution < 1.29 is 43.8 Å². The van der Waals surface area contributed by atoms with E-state index < -0.39 is 0 Å². The Hall–Kier alpha value is -1.50. The number of rotatable bonds is 3. The Morgan fingerprint density at radius 1 is 1.08 bits per heavy atom. The summed E-state index contributed by atoms with van der Waals surface area (Å²) in [5, 5.41) is 10.7. The quantitative estimate of drug-likeness (QED) is 0.388. The number of nitrogens with zero attached hydrogens (tertiary/aromatic N) is 1. The Morgan fingerprint density at radius 3 is 2.24 bits per heavy atom. The molecule has 0 bridgehead atoms. The molecule has 3 rings (SSSR count). The zero-order chi connectivity index (χ0) is 16.6. The summed E-state index contributed by atoms with van der Waals surface area (Å²) in [5.74, 6) is 0. The summed E-state index contributed by atoms with van der Waals surface area (Å²) in [7, 11) is 2.19. The van der Waals surface area contributed by atoms with Crippen LogP contribution in [0, 0.1) is 10.1 Å². The van der Waals surface area contributed by atoms with Gasteiger partial charge in [0.05, 0.1) is 17.4 Å². The Labute approximate surface area is 169 Å². The van der Waals surface area contributed by atoms with Gasteiger partial charge in [-0.25, -0.2) is 0 Å². The number of nitro groups is 1. The zero-order valence-corrected chi connectivity index (χ0v) is 17.5. The molecule has 2 unspecified atom stereocenters. The molecule has 0 fully saturated rings. The summed E-state index contributed by atoms with van der Waals surface area (Å²) in [5.41, 5.74) is 3.89. The number of halogens is 2. The van der Waals surface area contributed by atoms with Crippen molar-refractivity contribution in [3.8, 4) is 0 Å². The molecule has 134 valence electrons. The fraction of sp³-hybridized carbons (Fsp3) is 0.263. The van der Waals surface area contributed by atoms with Crippen LogP contribution in [-0.2, 0) is 5.41 Å². The number of nitro benzene ring substituents is 1. The normalized spacial score (nSPS) is 20.4. The van der Waals surface area contributed by atoms with Crippen LogP contribution in [0.15, 0.2) is 54.6 Å². The standard InChI is InChI=1S/C19H20N2O2.2BrH/c1-19(2)16-6-4-5-7-17(16)20(3)18(19)13-10-14-8-11-15(12-9-14)21(22)23;;/h4-13,18H,1-3H3;2*1H/p-1/b13-10+;;. The minimum absolute atomic E-state index is 0. The molecule has 0 aromatic heterocycles. The number of nitrogens with one attached hydrogen (secondary N) is 1. The van der Waals surface area contributed by atoms with Crippen molar-refractivity contribution >= 4 is 17.5 Å². The minimum atomic E-state index is -0.373. The summed E-state index contributed by atoms with van der Waals surface area (Å²) in [6.45, 7) is 4.54. The lowest BCUT2D eigenvalue weighted by atomic mass is 9.80. The number of hydrogen-bond acceptors (Lipinski definition) is 2. The SMILES string of the molecule is C[NH+]1c2ccccc2C(C)(C)C1/C=C/c1ccc([N+](=O)[O-])cc1.[Br-].[Br-]. The molecule has 0 radical (unpaired) electrons. The van der Waals surface area contributed by atoms with E-state index in [1.165, 1.54) is 16.2 Å². The fourth-order valence-corrected chi connectivity index (χ4v) is 3.56. The highest BCUT2D eigenvalue weighted by atomic mass is 79.9. The fourth-order valence-electron chi connectivity index (χ4n) is 3.56. The van der Waals surface area contributed by atoms with Crippen LogP contribution in [0.2, 0.25) is 0 Å². The van der Waals surface area contributed by atoms with E-state index in [0.29, 0.717) is 6.04 Å². The Balaban J connectivity index is 0.00000156. The molecule has 1 heterocycles. The maximum absolute atomic E-state index is 10.7. The van der Waals surface area contributed by atoms with Gasteiger partial charge in [-0.05, 0) is 43.7 Å². The molecule has 1 aliphatic rings. The highest BCUT2D eigenvalue weighted by molar-refractivity contribution is 5.55. The van der Waals surface area contributed by atoms with E-state index in [1.807, 2.05) is 0 Å². The molecule has 4 nitrogen and oxygen atoms in total. The predicted octanol–water partition coefficient (Wildman–Crippen LogP) is -2.88. The maximum atomic E-state index is 10.7. The number of fused-ring (bicyclic) bond motifs is 1. The highest BCUT2D eigenvalue weighted by Gasteiger charge is 2.45. The van der Waals surface area contributed by atoms with Crippen molar-refractivity contribution in [1.82, 2.24) is 0 Å². The molecule has 2 aromatic rings. The van der Waals surface area contributed by atoms with Gasteiger partial charge in [-0.15, -0.1) is 0 Å². The first-order chi connectivity index (χ1) is 10.9. The average molecular weight is 469 g/mol. The van der Waals surface area contributed by atoms with Gasteiger partial charge in [-0.3, -0.25) is 15.0 Å². The van der Waals surface area contributed by atoms with Crippen LogP contribution >= 0.6 is 0 Å². The van der Waals surface area contributed by atoms with Gasteiger partial charge >= 0.3 is 0 Å². The van der Waals surface area contributed by atoms with Crippen molar-refractivity contribution in [2.24, 2.45) is 0 Å². The van der Waals surface area contributed by atoms with Gasteiger partial charge in [-0.2, -0.15) is 0 Å². The second-order valence-electron chi connectivity index (χ2n) is 6.64. The topological polar surface area (TPSA) is 47.6 Å². The lowest BCUT2D eigenvalue weighted by molar-refractivity contribution is -0.828. The van der Waals surface area contributed by atoms with Crippen LogP contribution < -0.4 is 38.9 Å². The number of likely N-dealkylation sites (N-methyl/N-ethyl adjacent to an activating group) is 1. The molecule has 0 spiro atoms. The summed E-state index contributed by atoms with van der Waals surface area (Å²) >= 11 is 0. The molecule has 25 heavy (non-hydrogen) atoms. The van der Waals surface area contributed by atoms with E-state index >= 15 is 0 Å². The van der Waals surface area contributed by atoms with E-state index in [1.54, 1.807) is 24.3 Å². The van der Waals surface area contributed by atoms with Crippen molar-refractivity contribution in [2.75, 3.05) is 7.05 Å². The van der Waals surface area contributed by atoms with E-state index in [0.717, 1.165) is 5.56 Å². The summed E-state index contributed by atoms with van der Waals surface area (Å²) in [6, 6.07) is 15.6. The van der Waals surface area contributed by atoms with Crippen LogP contribution in [-0.4, -0.2) is 18.0 Å². The Bertz CT molecular complexity index is 773. The Kier molecular flexibility index (Phi) is 7.11. The minimum Gasteiger partial charge on any atom is -1.00 e. The predicted molar refractivity (Wildman–Crippen MR) is 91.9 cm³/mol. The highest BCUT2D eigenvalue weighted by Crippen LogP contribution is 2.36. The molecule has 2 aromatic carbocycles. The van der Waals surface area contributed by atoms with Gasteiger partial charge in [0.2, 0.25) is 0 Å². The molecule has 1 aliphatic heterocycles. The van der Waals surface area contributed by atoms with Crippen molar-refractivity contribution in [1.29, 1.82) is 0 Å². The molecule has 2 atom stereocenters. The van der Waals surface area contributed by atoms with Gasteiger partial charge in [0, 0.05) is 17.7 Å². The largest absolute Gasteiger partial charge is 1.00 e. The number of hydrogen-bond donors (Lipinski definition) is 1. The number of non-ortho nitro benzene ring substituents is 1. The van der Waals surface area contributed by atoms with Gasteiger partial charge in [0.1, 0.15) is 11.7 Å². The van der Waals surface area contributed by atoms with Crippen LogP contribution in [0.3, 0.4) is 0 Å². The van der Waals surface area contributed by atoms with Crippen LogP contribution in [0.1, 0.15) is 25.0 Å². The van der Waals surface area contributed by atoms with Crippen LogP contribution in [0.4, 0.5) is 11.4 Å². The van der Waals surface area contributed by atoms with Crippen LogP contribution in [0.5, 0.6) is 0 Å². The molecule has 1 N–H and O–H groups in total.